The Morgan fingerprint density at radius 2 is 2.00 bits per heavy atom. The second kappa shape index (κ2) is 6.53. The minimum absolute atomic E-state index is 0.0349. The van der Waals surface area contributed by atoms with Crippen LogP contribution in [0.5, 0.6) is 0 Å². The molecular weight excluding hydrogens is 292 g/mol. The van der Waals surface area contributed by atoms with Crippen LogP contribution in [0.3, 0.4) is 0 Å². The smallest absolute Gasteiger partial charge is 0.273 e. The van der Waals surface area contributed by atoms with Crippen molar-refractivity contribution in [2.45, 2.75) is 12.7 Å². The van der Waals surface area contributed by atoms with Gasteiger partial charge in [0.2, 0.25) is 0 Å². The summed E-state index contributed by atoms with van der Waals surface area (Å²) in [5.74, 6) is -0.0735. The van der Waals surface area contributed by atoms with Crippen LogP contribution in [0.1, 0.15) is 21.8 Å². The van der Waals surface area contributed by atoms with Gasteiger partial charge in [0.05, 0.1) is 11.5 Å². The van der Waals surface area contributed by atoms with Crippen LogP contribution >= 0.6 is 0 Å². The highest BCUT2D eigenvalue weighted by molar-refractivity contribution is 7.90. The highest BCUT2D eigenvalue weighted by atomic mass is 32.2. The van der Waals surface area contributed by atoms with Crippen molar-refractivity contribution in [2.75, 3.05) is 12.3 Å². The van der Waals surface area contributed by atoms with Gasteiger partial charge in [-0.3, -0.25) is 4.79 Å². The third-order valence-electron chi connectivity index (χ3n) is 2.79. The molecule has 0 aliphatic carbocycles. The molecule has 1 aromatic carbocycles. The average Bonchev–Trinajstić information content (AvgIpc) is 2.86. The molecule has 0 aliphatic heterocycles. The summed E-state index contributed by atoms with van der Waals surface area (Å²) in [6.45, 7) is 1.72. The minimum atomic E-state index is -3.27. The Labute approximate surface area is 123 Å². The van der Waals surface area contributed by atoms with Crippen molar-refractivity contribution in [1.82, 2.24) is 10.5 Å². The number of nitrogens with zero attached hydrogens (tertiary/aromatic N) is 1. The van der Waals surface area contributed by atoms with E-state index >= 15 is 0 Å². The molecule has 0 spiro atoms. The average molecular weight is 308 g/mol. The summed E-state index contributed by atoms with van der Waals surface area (Å²) in [7, 11) is -3.27. The first-order valence-electron chi connectivity index (χ1n) is 6.42. The predicted octanol–water partition coefficient (Wildman–Crippen LogP) is 1.33. The second-order valence-corrected chi connectivity index (χ2v) is 6.84. The van der Waals surface area contributed by atoms with E-state index < -0.39 is 15.7 Å². The molecule has 2 aromatic rings. The van der Waals surface area contributed by atoms with Crippen molar-refractivity contribution in [3.8, 4) is 0 Å². The highest BCUT2D eigenvalue weighted by Crippen LogP contribution is 2.06. The van der Waals surface area contributed by atoms with Gasteiger partial charge in [0.1, 0.15) is 5.76 Å². The molecule has 1 N–H and O–H groups in total. The lowest BCUT2D eigenvalue weighted by Gasteiger charge is -2.05. The second-order valence-electron chi connectivity index (χ2n) is 4.66. The van der Waals surface area contributed by atoms with Crippen LogP contribution in [0.4, 0.5) is 0 Å². The maximum Gasteiger partial charge on any atom is 0.273 e. The number of sulfone groups is 1. The van der Waals surface area contributed by atoms with Gasteiger partial charge in [0, 0.05) is 12.6 Å². The molecule has 6 nitrogen and oxygen atoms in total. The van der Waals surface area contributed by atoms with Gasteiger partial charge in [-0.05, 0) is 12.5 Å². The van der Waals surface area contributed by atoms with Crippen LogP contribution in [-0.4, -0.2) is 31.8 Å². The lowest BCUT2D eigenvalue weighted by Crippen LogP contribution is -2.29. The lowest BCUT2D eigenvalue weighted by atomic mass is 10.2. The van der Waals surface area contributed by atoms with Crippen LogP contribution < -0.4 is 5.32 Å². The fourth-order valence-electron chi connectivity index (χ4n) is 1.78. The summed E-state index contributed by atoms with van der Waals surface area (Å²) in [6.07, 6.45) is 0. The van der Waals surface area contributed by atoms with Gasteiger partial charge < -0.3 is 9.84 Å². The van der Waals surface area contributed by atoms with Crippen molar-refractivity contribution in [1.29, 1.82) is 0 Å². The number of aryl methyl sites for hydroxylation is 1. The molecule has 0 fully saturated rings. The Morgan fingerprint density at radius 1 is 1.29 bits per heavy atom. The number of carbonyl (C=O) groups excluding carboxylic acids is 1. The van der Waals surface area contributed by atoms with E-state index in [1.165, 1.54) is 6.07 Å². The fourth-order valence-corrected chi connectivity index (χ4v) is 3.04. The van der Waals surface area contributed by atoms with Crippen molar-refractivity contribution in [3.63, 3.8) is 0 Å². The molecule has 0 aliphatic rings. The highest BCUT2D eigenvalue weighted by Gasteiger charge is 2.14. The molecule has 1 heterocycles. The minimum Gasteiger partial charge on any atom is -0.361 e. The molecule has 0 bridgehead atoms. The summed E-state index contributed by atoms with van der Waals surface area (Å²) in [5, 5.41) is 6.08. The molecule has 112 valence electrons. The number of aromatic nitrogens is 1. The van der Waals surface area contributed by atoms with Gasteiger partial charge in [-0.25, -0.2) is 8.42 Å². The van der Waals surface area contributed by atoms with Gasteiger partial charge in [-0.15, -0.1) is 0 Å². The van der Waals surface area contributed by atoms with Crippen LogP contribution in [0.25, 0.3) is 0 Å². The molecule has 7 heteroatoms. The van der Waals surface area contributed by atoms with Crippen LogP contribution in [-0.2, 0) is 15.6 Å². The van der Waals surface area contributed by atoms with Gasteiger partial charge in [0.25, 0.3) is 5.91 Å². The molecular formula is C14H16N2O4S. The van der Waals surface area contributed by atoms with E-state index in [0.29, 0.717) is 5.76 Å². The van der Waals surface area contributed by atoms with Crippen molar-refractivity contribution >= 4 is 15.7 Å². The van der Waals surface area contributed by atoms with Crippen molar-refractivity contribution < 1.29 is 17.7 Å². The molecule has 0 saturated carbocycles. The summed E-state index contributed by atoms with van der Waals surface area (Å²) >= 11 is 0. The van der Waals surface area contributed by atoms with E-state index in [4.69, 9.17) is 4.52 Å². The summed E-state index contributed by atoms with van der Waals surface area (Å²) in [5.41, 5.74) is 0.879. The third-order valence-corrected chi connectivity index (χ3v) is 4.39. The quantitative estimate of drug-likeness (QED) is 0.869. The molecule has 2 rings (SSSR count). The van der Waals surface area contributed by atoms with E-state index in [1.54, 1.807) is 31.2 Å². The first-order chi connectivity index (χ1) is 9.96. The van der Waals surface area contributed by atoms with Gasteiger partial charge in [0.15, 0.2) is 15.5 Å². The molecule has 21 heavy (non-hydrogen) atoms. The Bertz CT molecular complexity index is 708. The van der Waals surface area contributed by atoms with Crippen LogP contribution in [0, 0.1) is 6.92 Å². The number of hydrogen-bond donors (Lipinski definition) is 1. The van der Waals surface area contributed by atoms with Gasteiger partial charge >= 0.3 is 0 Å². The summed E-state index contributed by atoms with van der Waals surface area (Å²) in [6, 6.07) is 10.4. The number of rotatable bonds is 6. The molecule has 1 amide bonds. The zero-order chi connectivity index (χ0) is 15.3. The maximum atomic E-state index is 11.9. The van der Waals surface area contributed by atoms with Crippen LogP contribution in [0.15, 0.2) is 40.9 Å². The SMILES string of the molecule is Cc1cc(C(=O)NCCS(=O)(=O)Cc2ccccc2)no1. The zero-order valence-electron chi connectivity index (χ0n) is 11.6. The normalized spacial score (nSPS) is 11.3. The Kier molecular flexibility index (Phi) is 4.74. The Morgan fingerprint density at radius 3 is 2.62 bits per heavy atom. The monoisotopic (exact) mass is 308 g/mol. The summed E-state index contributed by atoms with van der Waals surface area (Å²) < 4.78 is 28.7. The first-order valence-corrected chi connectivity index (χ1v) is 8.24. The molecule has 1 aromatic heterocycles. The van der Waals surface area contributed by atoms with E-state index in [1.807, 2.05) is 6.07 Å². The van der Waals surface area contributed by atoms with Gasteiger partial charge in [-0.1, -0.05) is 35.5 Å². The molecule has 0 saturated heterocycles. The van der Waals surface area contributed by atoms with E-state index in [-0.39, 0.29) is 23.7 Å². The number of benzene rings is 1. The molecule has 0 atom stereocenters. The fraction of sp³-hybridized carbons (Fsp3) is 0.286. The molecule has 0 radical (unpaired) electrons. The Hall–Kier alpha value is -2.15. The number of hydrogen-bond acceptors (Lipinski definition) is 5. The summed E-state index contributed by atoms with van der Waals surface area (Å²) in [4.78, 5) is 11.7. The predicted molar refractivity (Wildman–Crippen MR) is 77.5 cm³/mol. The number of nitrogens with one attached hydrogen (secondary N) is 1. The largest absolute Gasteiger partial charge is 0.361 e. The lowest BCUT2D eigenvalue weighted by molar-refractivity contribution is 0.0947. The van der Waals surface area contributed by atoms with Crippen molar-refractivity contribution in [3.05, 3.63) is 53.4 Å². The zero-order valence-corrected chi connectivity index (χ0v) is 12.4. The van der Waals surface area contributed by atoms with Crippen molar-refractivity contribution in [2.24, 2.45) is 0 Å². The number of carbonyl (C=O) groups is 1. The third kappa shape index (κ3) is 4.71. The van der Waals surface area contributed by atoms with Crippen LogP contribution in [0.2, 0.25) is 0 Å². The Balaban J connectivity index is 1.83. The molecule has 0 unspecified atom stereocenters. The topological polar surface area (TPSA) is 89.3 Å². The standard InChI is InChI=1S/C14H16N2O4S/c1-11-9-13(16-20-11)14(17)15-7-8-21(18,19)10-12-5-3-2-4-6-12/h2-6,9H,7-8,10H2,1H3,(H,15,17). The number of amides is 1. The van der Waals surface area contributed by atoms with E-state index in [2.05, 4.69) is 10.5 Å². The maximum absolute atomic E-state index is 11.9. The van der Waals surface area contributed by atoms with E-state index in [0.717, 1.165) is 5.56 Å². The first kappa shape index (κ1) is 15.2. The van der Waals surface area contributed by atoms with Gasteiger partial charge in [-0.2, -0.15) is 0 Å². The van der Waals surface area contributed by atoms with E-state index in [9.17, 15) is 13.2 Å².